The molecule has 1 aliphatic rings. The van der Waals surface area contributed by atoms with Gasteiger partial charge >= 0.3 is 0 Å². The van der Waals surface area contributed by atoms with E-state index in [1.54, 1.807) is 0 Å². The van der Waals surface area contributed by atoms with Crippen LogP contribution in [0.2, 0.25) is 0 Å². The summed E-state index contributed by atoms with van der Waals surface area (Å²) in [6.07, 6.45) is 4.83. The monoisotopic (exact) mass is 401 g/mol. The van der Waals surface area contributed by atoms with E-state index in [-0.39, 0.29) is 29.5 Å². The predicted molar refractivity (Wildman–Crippen MR) is 109 cm³/mol. The van der Waals surface area contributed by atoms with Crippen molar-refractivity contribution in [2.45, 2.75) is 44.7 Å². The summed E-state index contributed by atoms with van der Waals surface area (Å²) < 4.78 is 0. The van der Waals surface area contributed by atoms with Gasteiger partial charge in [0, 0.05) is 12.1 Å². The van der Waals surface area contributed by atoms with E-state index in [1.807, 2.05) is 18.4 Å². The molecule has 2 amide bonds. The second-order valence-electron chi connectivity index (χ2n) is 6.73. The second-order valence-corrected chi connectivity index (χ2v) is 7.64. The number of hydrogen-bond acceptors (Lipinski definition) is 8. The standard InChI is InChI=1S/C18H23N7O2S/c1-3-13(26)20-11-5-4-6-12(8-11)21-18-23-17(15(16(19)27)24-25-18)22-14-7-10(2)9-28-14/h3,7,9,11-12H,1,4-6,8H2,2H3,(H2,19,27)(H,20,26)(H2,21,22,23,25)/t11?,12-/m1/s1. The highest BCUT2D eigenvalue weighted by molar-refractivity contribution is 7.14. The van der Waals surface area contributed by atoms with Crippen LogP contribution in [0.15, 0.2) is 24.1 Å². The van der Waals surface area contributed by atoms with Gasteiger partial charge in [-0.05, 0) is 55.7 Å². The summed E-state index contributed by atoms with van der Waals surface area (Å²) >= 11 is 1.49. The molecule has 3 rings (SSSR count). The highest BCUT2D eigenvalue weighted by Crippen LogP contribution is 2.26. The lowest BCUT2D eigenvalue weighted by atomic mass is 9.91. The number of amides is 2. The number of rotatable bonds is 7. The summed E-state index contributed by atoms with van der Waals surface area (Å²) in [5, 5.41) is 20.0. The van der Waals surface area contributed by atoms with Gasteiger partial charge in [0.25, 0.3) is 5.91 Å². The fourth-order valence-corrected chi connectivity index (χ4v) is 3.94. The molecule has 10 heteroatoms. The molecule has 0 aliphatic heterocycles. The van der Waals surface area contributed by atoms with Crippen LogP contribution < -0.4 is 21.7 Å². The fourth-order valence-electron chi connectivity index (χ4n) is 3.15. The molecular formula is C18H23N7O2S. The zero-order chi connectivity index (χ0) is 20.1. The van der Waals surface area contributed by atoms with Crippen molar-refractivity contribution >= 4 is 39.9 Å². The van der Waals surface area contributed by atoms with Crippen molar-refractivity contribution < 1.29 is 9.59 Å². The predicted octanol–water partition coefficient (Wildman–Crippen LogP) is 2.11. The first kappa shape index (κ1) is 19.7. The number of nitrogens with two attached hydrogens (primary N) is 1. The van der Waals surface area contributed by atoms with Crippen LogP contribution >= 0.6 is 11.3 Å². The molecule has 0 saturated heterocycles. The van der Waals surface area contributed by atoms with Crippen molar-refractivity contribution in [3.63, 3.8) is 0 Å². The van der Waals surface area contributed by atoms with Gasteiger partial charge in [-0.3, -0.25) is 9.59 Å². The van der Waals surface area contributed by atoms with Gasteiger partial charge < -0.3 is 21.7 Å². The topological polar surface area (TPSA) is 135 Å². The Morgan fingerprint density at radius 2 is 2.11 bits per heavy atom. The maximum Gasteiger partial charge on any atom is 0.273 e. The van der Waals surface area contributed by atoms with Crippen LogP contribution in [-0.4, -0.2) is 39.1 Å². The highest BCUT2D eigenvalue weighted by atomic mass is 32.1. The molecular weight excluding hydrogens is 378 g/mol. The number of hydrogen-bond donors (Lipinski definition) is 4. The number of carbonyl (C=O) groups excluding carboxylic acids is 2. The largest absolute Gasteiger partial charge is 0.364 e. The van der Waals surface area contributed by atoms with Gasteiger partial charge in [-0.1, -0.05) is 6.58 Å². The Kier molecular flexibility index (Phi) is 6.19. The molecule has 5 N–H and O–H groups in total. The molecule has 1 unspecified atom stereocenters. The average molecular weight is 401 g/mol. The van der Waals surface area contributed by atoms with E-state index in [2.05, 4.69) is 37.7 Å². The summed E-state index contributed by atoms with van der Waals surface area (Å²) in [4.78, 5) is 27.6. The first-order chi connectivity index (χ1) is 13.4. The lowest BCUT2D eigenvalue weighted by Gasteiger charge is -2.30. The molecule has 0 radical (unpaired) electrons. The third-order valence-electron chi connectivity index (χ3n) is 4.43. The van der Waals surface area contributed by atoms with Crippen molar-refractivity contribution in [2.75, 3.05) is 10.6 Å². The number of anilines is 3. The van der Waals surface area contributed by atoms with E-state index in [0.717, 1.165) is 36.2 Å². The number of nitrogens with one attached hydrogen (secondary N) is 3. The zero-order valence-electron chi connectivity index (χ0n) is 15.6. The molecule has 2 aromatic rings. The Morgan fingerprint density at radius 1 is 1.32 bits per heavy atom. The van der Waals surface area contributed by atoms with Gasteiger partial charge in [0.2, 0.25) is 11.9 Å². The van der Waals surface area contributed by atoms with E-state index in [4.69, 9.17) is 5.73 Å². The van der Waals surface area contributed by atoms with E-state index < -0.39 is 5.91 Å². The number of primary amides is 1. The molecule has 2 atom stereocenters. The van der Waals surface area contributed by atoms with E-state index >= 15 is 0 Å². The lowest BCUT2D eigenvalue weighted by Crippen LogP contribution is -2.41. The van der Waals surface area contributed by atoms with Crippen LogP contribution in [0.3, 0.4) is 0 Å². The Balaban J connectivity index is 1.73. The summed E-state index contributed by atoms with van der Waals surface area (Å²) in [5.74, 6) is -0.306. The SMILES string of the molecule is C=CC(=O)NC1CCC[C@@H](Nc2nnc(C(N)=O)c(Nc3cc(C)cs3)n2)C1. The zero-order valence-corrected chi connectivity index (χ0v) is 16.4. The normalized spacial score (nSPS) is 18.9. The minimum Gasteiger partial charge on any atom is -0.364 e. The number of thiophene rings is 1. The summed E-state index contributed by atoms with van der Waals surface area (Å²) in [7, 11) is 0. The van der Waals surface area contributed by atoms with Crippen LogP contribution in [0.25, 0.3) is 0 Å². The fraction of sp³-hybridized carbons (Fsp3) is 0.389. The van der Waals surface area contributed by atoms with Gasteiger partial charge in [0.1, 0.15) is 0 Å². The Labute approximate surface area is 166 Å². The first-order valence-corrected chi connectivity index (χ1v) is 9.88. The maximum atomic E-state index is 11.7. The van der Waals surface area contributed by atoms with Crippen molar-refractivity contribution in [3.8, 4) is 0 Å². The van der Waals surface area contributed by atoms with E-state index in [1.165, 1.54) is 17.4 Å². The number of aryl methyl sites for hydroxylation is 1. The van der Waals surface area contributed by atoms with Crippen molar-refractivity contribution in [2.24, 2.45) is 5.73 Å². The Hall–Kier alpha value is -3.01. The molecule has 1 saturated carbocycles. The number of nitrogens with zero attached hydrogens (tertiary/aromatic N) is 3. The average Bonchev–Trinajstić information content (AvgIpc) is 3.06. The van der Waals surface area contributed by atoms with Crippen molar-refractivity contribution in [1.29, 1.82) is 0 Å². The summed E-state index contributed by atoms with van der Waals surface area (Å²) in [6, 6.07) is 2.10. The molecule has 0 bridgehead atoms. The van der Waals surface area contributed by atoms with Gasteiger partial charge in [-0.15, -0.1) is 21.5 Å². The minimum absolute atomic E-state index is 0.0172. The molecule has 0 aromatic carbocycles. The van der Waals surface area contributed by atoms with Crippen molar-refractivity contribution in [3.05, 3.63) is 35.4 Å². The van der Waals surface area contributed by atoms with Crippen LogP contribution in [0.5, 0.6) is 0 Å². The maximum absolute atomic E-state index is 11.7. The molecule has 9 nitrogen and oxygen atoms in total. The van der Waals surface area contributed by atoms with E-state index in [0.29, 0.717) is 5.95 Å². The third-order valence-corrected chi connectivity index (χ3v) is 5.39. The molecule has 28 heavy (non-hydrogen) atoms. The van der Waals surface area contributed by atoms with Crippen LogP contribution in [0.4, 0.5) is 16.8 Å². The third kappa shape index (κ3) is 5.03. The quantitative estimate of drug-likeness (QED) is 0.522. The summed E-state index contributed by atoms with van der Waals surface area (Å²) in [5.41, 5.74) is 6.48. The highest BCUT2D eigenvalue weighted by Gasteiger charge is 2.24. The lowest BCUT2D eigenvalue weighted by molar-refractivity contribution is -0.117. The Morgan fingerprint density at radius 3 is 2.79 bits per heavy atom. The van der Waals surface area contributed by atoms with Gasteiger partial charge in [0.15, 0.2) is 11.5 Å². The molecule has 2 heterocycles. The minimum atomic E-state index is -0.702. The molecule has 148 valence electrons. The van der Waals surface area contributed by atoms with Crippen molar-refractivity contribution in [1.82, 2.24) is 20.5 Å². The number of carbonyl (C=O) groups is 2. The van der Waals surface area contributed by atoms with Gasteiger partial charge in [0.05, 0.1) is 5.00 Å². The second kappa shape index (κ2) is 8.79. The molecule has 2 aromatic heterocycles. The van der Waals surface area contributed by atoms with Crippen LogP contribution in [0, 0.1) is 6.92 Å². The van der Waals surface area contributed by atoms with Crippen LogP contribution in [0.1, 0.15) is 41.7 Å². The first-order valence-electron chi connectivity index (χ1n) is 9.00. The number of aromatic nitrogens is 3. The smallest absolute Gasteiger partial charge is 0.273 e. The van der Waals surface area contributed by atoms with Crippen LogP contribution in [-0.2, 0) is 4.79 Å². The van der Waals surface area contributed by atoms with Gasteiger partial charge in [-0.2, -0.15) is 4.98 Å². The Bertz CT molecular complexity index is 883. The summed E-state index contributed by atoms with van der Waals surface area (Å²) in [6.45, 7) is 5.46. The van der Waals surface area contributed by atoms with E-state index in [9.17, 15) is 9.59 Å². The molecule has 1 fully saturated rings. The van der Waals surface area contributed by atoms with Gasteiger partial charge in [-0.25, -0.2) is 0 Å². The molecule has 1 aliphatic carbocycles. The molecule has 0 spiro atoms.